The van der Waals surface area contributed by atoms with Crippen molar-refractivity contribution in [1.82, 2.24) is 9.71 Å². The molecule has 0 bridgehead atoms. The van der Waals surface area contributed by atoms with Gasteiger partial charge in [0.1, 0.15) is 5.82 Å². The van der Waals surface area contributed by atoms with E-state index in [0.717, 1.165) is 6.42 Å². The fourth-order valence-corrected chi connectivity index (χ4v) is 2.25. The van der Waals surface area contributed by atoms with Crippen LogP contribution in [0.1, 0.15) is 12.0 Å². The van der Waals surface area contributed by atoms with Crippen molar-refractivity contribution in [2.24, 2.45) is 4.99 Å². The van der Waals surface area contributed by atoms with Gasteiger partial charge in [0, 0.05) is 25.7 Å². The minimum atomic E-state index is -1.50. The molecule has 1 aliphatic heterocycles. The zero-order valence-electron chi connectivity index (χ0n) is 12.7. The van der Waals surface area contributed by atoms with E-state index < -0.39 is 12.2 Å². The average Bonchev–Trinajstić information content (AvgIpc) is 2.51. The van der Waals surface area contributed by atoms with E-state index in [1.54, 1.807) is 6.92 Å². The Bertz CT molecular complexity index is 739. The van der Waals surface area contributed by atoms with Gasteiger partial charge < -0.3 is 20.3 Å². The largest absolute Gasteiger partial charge is 0.465 e. The second-order valence-electron chi connectivity index (χ2n) is 4.94. The van der Waals surface area contributed by atoms with Crippen molar-refractivity contribution in [2.75, 3.05) is 29.9 Å². The Balaban J connectivity index is 2.71. The molecule has 23 heavy (non-hydrogen) atoms. The maximum absolute atomic E-state index is 11.1. The SMILES string of the molecule is Cc1c(N2CC=CCC2)nc(N(C)C(=O)O)n(O)c1=NC(=O)O. The standard InChI is InChI=1S/C13H17N5O5/c1-8-9(17-6-4-3-5-7-17)14-11(16(2)13(21)22)18(23)10(8)15-12(19)20/h3-4,23H,5-7H2,1-2H3,(H,19,20)(H,21,22). The number of hydrogen-bond acceptors (Lipinski definition) is 5. The Kier molecular flexibility index (Phi) is 4.53. The molecular weight excluding hydrogens is 306 g/mol. The van der Waals surface area contributed by atoms with Crippen LogP contribution >= 0.6 is 0 Å². The molecule has 0 saturated carbocycles. The second-order valence-corrected chi connectivity index (χ2v) is 4.94. The van der Waals surface area contributed by atoms with Crippen LogP contribution in [0, 0.1) is 6.92 Å². The van der Waals surface area contributed by atoms with Crippen molar-refractivity contribution in [2.45, 2.75) is 13.3 Å². The van der Waals surface area contributed by atoms with Gasteiger partial charge in [0.05, 0.1) is 0 Å². The Morgan fingerprint density at radius 2 is 2.04 bits per heavy atom. The van der Waals surface area contributed by atoms with Gasteiger partial charge in [0.25, 0.3) is 5.95 Å². The van der Waals surface area contributed by atoms with Gasteiger partial charge in [-0.2, -0.15) is 9.98 Å². The highest BCUT2D eigenvalue weighted by Crippen LogP contribution is 2.20. The van der Waals surface area contributed by atoms with E-state index in [4.69, 9.17) is 10.2 Å². The van der Waals surface area contributed by atoms with Gasteiger partial charge in [-0.15, -0.1) is 4.73 Å². The number of aromatic nitrogens is 2. The predicted molar refractivity (Wildman–Crippen MR) is 80.1 cm³/mol. The minimum absolute atomic E-state index is 0.278. The van der Waals surface area contributed by atoms with E-state index in [-0.39, 0.29) is 11.4 Å². The number of amides is 2. The van der Waals surface area contributed by atoms with Gasteiger partial charge >= 0.3 is 12.2 Å². The third-order valence-corrected chi connectivity index (χ3v) is 3.41. The first-order chi connectivity index (χ1) is 10.8. The first-order valence-electron chi connectivity index (χ1n) is 6.80. The first-order valence-corrected chi connectivity index (χ1v) is 6.80. The zero-order valence-corrected chi connectivity index (χ0v) is 12.7. The fraction of sp³-hybridized carbons (Fsp3) is 0.385. The molecular formula is C13H17N5O5. The summed E-state index contributed by atoms with van der Waals surface area (Å²) in [5.41, 5.74) is 0.0629. The highest BCUT2D eigenvalue weighted by atomic mass is 16.5. The molecule has 1 aromatic heterocycles. The third-order valence-electron chi connectivity index (χ3n) is 3.41. The molecule has 10 heteroatoms. The van der Waals surface area contributed by atoms with Crippen molar-refractivity contribution < 1.29 is 25.0 Å². The maximum Gasteiger partial charge on any atom is 0.433 e. The van der Waals surface area contributed by atoms with Crippen LogP contribution in [0.4, 0.5) is 21.4 Å². The number of nitrogens with zero attached hydrogens (tertiary/aromatic N) is 5. The van der Waals surface area contributed by atoms with Crippen molar-refractivity contribution in [3.63, 3.8) is 0 Å². The molecule has 1 aromatic rings. The normalized spacial score (nSPS) is 14.9. The number of anilines is 2. The molecule has 0 radical (unpaired) electrons. The van der Waals surface area contributed by atoms with Crippen LogP contribution in [-0.4, -0.2) is 57.5 Å². The summed E-state index contributed by atoms with van der Waals surface area (Å²) >= 11 is 0. The van der Waals surface area contributed by atoms with Gasteiger partial charge in [-0.05, 0) is 13.3 Å². The van der Waals surface area contributed by atoms with Crippen LogP contribution in [0.15, 0.2) is 17.1 Å². The summed E-state index contributed by atoms with van der Waals surface area (Å²) in [6, 6.07) is 0. The van der Waals surface area contributed by atoms with Crippen molar-refractivity contribution in [1.29, 1.82) is 0 Å². The molecule has 0 saturated heterocycles. The van der Waals surface area contributed by atoms with Crippen LogP contribution in [-0.2, 0) is 0 Å². The molecule has 1 aliphatic rings. The van der Waals surface area contributed by atoms with Crippen molar-refractivity contribution in [3.8, 4) is 0 Å². The maximum atomic E-state index is 11.1. The number of hydrogen-bond donors (Lipinski definition) is 3. The first kappa shape index (κ1) is 16.3. The minimum Gasteiger partial charge on any atom is -0.465 e. The van der Waals surface area contributed by atoms with E-state index in [0.29, 0.717) is 34.1 Å². The van der Waals surface area contributed by atoms with Crippen LogP contribution < -0.4 is 15.3 Å². The van der Waals surface area contributed by atoms with Crippen LogP contribution in [0.5, 0.6) is 0 Å². The number of carboxylic acid groups (broad SMARTS) is 2. The summed E-state index contributed by atoms with van der Waals surface area (Å²) in [7, 11) is 1.19. The lowest BCUT2D eigenvalue weighted by atomic mass is 10.2. The van der Waals surface area contributed by atoms with E-state index in [2.05, 4.69) is 9.98 Å². The van der Waals surface area contributed by atoms with Crippen LogP contribution in [0.3, 0.4) is 0 Å². The molecule has 0 spiro atoms. The molecule has 2 rings (SSSR count). The third kappa shape index (κ3) is 3.25. The molecule has 0 aromatic carbocycles. The molecule has 124 valence electrons. The summed E-state index contributed by atoms with van der Waals surface area (Å²) in [6.45, 7) is 2.76. The quantitative estimate of drug-likeness (QED) is 0.544. The van der Waals surface area contributed by atoms with Gasteiger partial charge in [-0.25, -0.2) is 14.5 Å². The van der Waals surface area contributed by atoms with Gasteiger partial charge in [0.15, 0.2) is 5.49 Å². The predicted octanol–water partition coefficient (Wildman–Crippen LogP) is 0.888. The summed E-state index contributed by atoms with van der Waals surface area (Å²) in [4.78, 5) is 32.1. The van der Waals surface area contributed by atoms with Crippen LogP contribution in [0.2, 0.25) is 0 Å². The Labute approximate surface area is 131 Å². The molecule has 10 nitrogen and oxygen atoms in total. The molecule has 0 aliphatic carbocycles. The highest BCUT2D eigenvalue weighted by Gasteiger charge is 2.22. The Hall–Kier alpha value is -3.04. The number of rotatable bonds is 2. The number of carbonyl (C=O) groups is 2. The van der Waals surface area contributed by atoms with Gasteiger partial charge in [-0.1, -0.05) is 12.2 Å². The lowest BCUT2D eigenvalue weighted by Crippen LogP contribution is -2.38. The van der Waals surface area contributed by atoms with E-state index in [1.807, 2.05) is 17.1 Å². The van der Waals surface area contributed by atoms with Gasteiger partial charge in [-0.3, -0.25) is 0 Å². The molecule has 3 N–H and O–H groups in total. The summed E-state index contributed by atoms with van der Waals surface area (Å²) in [5, 5.41) is 28.1. The van der Waals surface area contributed by atoms with Gasteiger partial charge in [0.2, 0.25) is 0 Å². The Morgan fingerprint density at radius 3 is 2.57 bits per heavy atom. The van der Waals surface area contributed by atoms with E-state index in [9.17, 15) is 14.8 Å². The monoisotopic (exact) mass is 323 g/mol. The molecule has 2 amide bonds. The second kappa shape index (κ2) is 6.38. The molecule has 0 atom stereocenters. The lowest BCUT2D eigenvalue weighted by Gasteiger charge is -2.27. The van der Waals surface area contributed by atoms with E-state index in [1.165, 1.54) is 7.05 Å². The van der Waals surface area contributed by atoms with Crippen molar-refractivity contribution in [3.05, 3.63) is 23.2 Å². The highest BCUT2D eigenvalue weighted by molar-refractivity contribution is 5.83. The fourth-order valence-electron chi connectivity index (χ4n) is 2.25. The lowest BCUT2D eigenvalue weighted by molar-refractivity contribution is 0.163. The molecule has 0 fully saturated rings. The summed E-state index contributed by atoms with van der Waals surface area (Å²) < 4.78 is 0.362. The van der Waals surface area contributed by atoms with Crippen molar-refractivity contribution >= 4 is 24.0 Å². The summed E-state index contributed by atoms with van der Waals surface area (Å²) in [5.74, 6) is 0.0374. The smallest absolute Gasteiger partial charge is 0.433 e. The summed E-state index contributed by atoms with van der Waals surface area (Å²) in [6.07, 6.45) is 1.86. The Morgan fingerprint density at radius 1 is 1.35 bits per heavy atom. The van der Waals surface area contributed by atoms with Crippen LogP contribution in [0.25, 0.3) is 0 Å². The van der Waals surface area contributed by atoms with E-state index >= 15 is 0 Å². The molecule has 0 unspecified atom stereocenters. The topological polar surface area (TPSA) is 131 Å². The zero-order chi connectivity index (χ0) is 17.1. The molecule has 2 heterocycles. The average molecular weight is 323 g/mol.